The van der Waals surface area contributed by atoms with Crippen molar-refractivity contribution in [1.29, 1.82) is 0 Å². The van der Waals surface area contributed by atoms with E-state index in [-0.39, 0.29) is 36.9 Å². The van der Waals surface area contributed by atoms with Gasteiger partial charge < -0.3 is 9.88 Å². The third-order valence-corrected chi connectivity index (χ3v) is 3.86. The quantitative estimate of drug-likeness (QED) is 0.759. The van der Waals surface area contributed by atoms with Crippen molar-refractivity contribution >= 4 is 16.8 Å². The molecule has 0 fully saturated rings. The molecule has 3 rings (SSSR count). The molecule has 0 saturated heterocycles. The van der Waals surface area contributed by atoms with Crippen LogP contribution in [-0.2, 0) is 23.9 Å². The lowest BCUT2D eigenvalue weighted by Crippen LogP contribution is -2.29. The lowest BCUT2D eigenvalue weighted by Gasteiger charge is -2.10. The molecular formula is C18H17F3N4O. The molecule has 5 nitrogen and oxygen atoms in total. The van der Waals surface area contributed by atoms with Crippen LogP contribution in [0.15, 0.2) is 42.6 Å². The minimum atomic E-state index is -4.51. The number of aryl methyl sites for hydroxylation is 1. The van der Waals surface area contributed by atoms with Gasteiger partial charge in [0.25, 0.3) is 0 Å². The number of hydrogen-bond acceptors (Lipinski definition) is 3. The molecule has 8 heteroatoms. The number of alkyl halides is 3. The van der Waals surface area contributed by atoms with Crippen LogP contribution < -0.4 is 5.32 Å². The molecular weight excluding hydrogens is 345 g/mol. The van der Waals surface area contributed by atoms with Gasteiger partial charge in [-0.1, -0.05) is 18.2 Å². The van der Waals surface area contributed by atoms with Gasteiger partial charge in [-0.25, -0.2) is 9.97 Å². The summed E-state index contributed by atoms with van der Waals surface area (Å²) >= 11 is 0. The first-order valence-electron chi connectivity index (χ1n) is 8.05. The van der Waals surface area contributed by atoms with E-state index in [0.29, 0.717) is 0 Å². The zero-order chi connectivity index (χ0) is 18.7. The Morgan fingerprint density at radius 1 is 1.19 bits per heavy atom. The monoisotopic (exact) mass is 362 g/mol. The van der Waals surface area contributed by atoms with E-state index in [0.717, 1.165) is 17.0 Å². The smallest absolute Gasteiger partial charge is 0.354 e. The van der Waals surface area contributed by atoms with E-state index in [1.165, 1.54) is 6.92 Å². The standard InChI is InChI=1S/C18H17F3N4O/c1-12-10-15(18(19,20)21)24-16(23-12)6-8-22-17(26)11-25-9-7-13-4-2-3-5-14(13)25/h2-5,7,9-10H,6,8,11H2,1H3,(H,22,26). The molecule has 0 spiro atoms. The first kappa shape index (κ1) is 17.9. The maximum absolute atomic E-state index is 12.8. The van der Waals surface area contributed by atoms with Crippen LogP contribution in [-0.4, -0.2) is 27.0 Å². The molecule has 26 heavy (non-hydrogen) atoms. The lowest BCUT2D eigenvalue weighted by atomic mass is 10.2. The number of fused-ring (bicyclic) bond motifs is 1. The fourth-order valence-corrected chi connectivity index (χ4v) is 2.69. The fraction of sp³-hybridized carbons (Fsp3) is 0.278. The molecule has 2 heterocycles. The molecule has 1 N–H and O–H groups in total. The van der Waals surface area contributed by atoms with Crippen LogP contribution in [0.25, 0.3) is 10.9 Å². The number of halogens is 3. The molecule has 1 aromatic carbocycles. The van der Waals surface area contributed by atoms with E-state index in [1.807, 2.05) is 41.1 Å². The summed E-state index contributed by atoms with van der Waals surface area (Å²) in [5, 5.41) is 3.73. The highest BCUT2D eigenvalue weighted by atomic mass is 19.4. The van der Waals surface area contributed by atoms with Crippen LogP contribution in [0.4, 0.5) is 13.2 Å². The molecule has 0 radical (unpaired) electrons. The second-order valence-electron chi connectivity index (χ2n) is 5.91. The Hall–Kier alpha value is -2.90. The highest BCUT2D eigenvalue weighted by Gasteiger charge is 2.33. The van der Waals surface area contributed by atoms with E-state index in [4.69, 9.17) is 0 Å². The van der Waals surface area contributed by atoms with Crippen LogP contribution in [0.1, 0.15) is 17.2 Å². The van der Waals surface area contributed by atoms with E-state index < -0.39 is 11.9 Å². The normalized spacial score (nSPS) is 11.7. The van der Waals surface area contributed by atoms with Gasteiger partial charge in [-0.05, 0) is 30.5 Å². The molecule has 0 aliphatic rings. The predicted octanol–water partition coefficient (Wildman–Crippen LogP) is 3.12. The number of rotatable bonds is 5. The Morgan fingerprint density at radius 3 is 2.73 bits per heavy atom. The molecule has 0 aliphatic carbocycles. The highest BCUT2D eigenvalue weighted by molar-refractivity contribution is 5.83. The predicted molar refractivity (Wildman–Crippen MR) is 90.4 cm³/mol. The molecule has 2 aromatic heterocycles. The number of nitrogens with one attached hydrogen (secondary N) is 1. The SMILES string of the molecule is Cc1cc(C(F)(F)F)nc(CCNC(=O)Cn2ccc3ccccc32)n1. The molecule has 1 amide bonds. The van der Waals surface area contributed by atoms with Crippen molar-refractivity contribution in [3.05, 3.63) is 59.8 Å². The van der Waals surface area contributed by atoms with Crippen molar-refractivity contribution in [3.63, 3.8) is 0 Å². The summed E-state index contributed by atoms with van der Waals surface area (Å²) in [4.78, 5) is 19.6. The van der Waals surface area contributed by atoms with E-state index in [2.05, 4.69) is 15.3 Å². The topological polar surface area (TPSA) is 59.8 Å². The Kier molecular flexibility index (Phi) is 4.92. The van der Waals surface area contributed by atoms with Crippen molar-refractivity contribution in [2.45, 2.75) is 26.1 Å². The van der Waals surface area contributed by atoms with E-state index in [1.54, 1.807) is 0 Å². The summed E-state index contributed by atoms with van der Waals surface area (Å²) in [6, 6.07) is 10.5. The summed E-state index contributed by atoms with van der Waals surface area (Å²) in [5.41, 5.74) is 0.220. The molecule has 0 atom stereocenters. The zero-order valence-electron chi connectivity index (χ0n) is 14.0. The van der Waals surface area contributed by atoms with Crippen LogP contribution in [0.3, 0.4) is 0 Å². The van der Waals surface area contributed by atoms with Gasteiger partial charge in [0.1, 0.15) is 18.1 Å². The Bertz CT molecular complexity index is 934. The summed E-state index contributed by atoms with van der Waals surface area (Å²) in [5.74, 6) is -0.168. The number of nitrogens with zero attached hydrogens (tertiary/aromatic N) is 3. The molecule has 0 aliphatic heterocycles. The Morgan fingerprint density at radius 2 is 1.96 bits per heavy atom. The molecule has 0 bridgehead atoms. The number of aromatic nitrogens is 3. The molecule has 136 valence electrons. The second kappa shape index (κ2) is 7.15. The highest BCUT2D eigenvalue weighted by Crippen LogP contribution is 2.27. The van der Waals surface area contributed by atoms with Gasteiger partial charge in [0.05, 0.1) is 0 Å². The van der Waals surface area contributed by atoms with Gasteiger partial charge in [0.15, 0.2) is 0 Å². The number of benzene rings is 1. The third kappa shape index (κ3) is 4.19. The van der Waals surface area contributed by atoms with Crippen LogP contribution in [0.2, 0.25) is 0 Å². The van der Waals surface area contributed by atoms with Crippen LogP contribution in [0, 0.1) is 6.92 Å². The fourth-order valence-electron chi connectivity index (χ4n) is 2.69. The minimum absolute atomic E-state index is 0.0593. The van der Waals surface area contributed by atoms with Crippen molar-refractivity contribution in [2.75, 3.05) is 6.54 Å². The van der Waals surface area contributed by atoms with Crippen molar-refractivity contribution in [2.24, 2.45) is 0 Å². The number of amides is 1. The van der Waals surface area contributed by atoms with E-state index >= 15 is 0 Å². The molecule has 3 aromatic rings. The molecule has 0 unspecified atom stereocenters. The average Bonchev–Trinajstić information content (AvgIpc) is 2.97. The third-order valence-electron chi connectivity index (χ3n) is 3.86. The van der Waals surface area contributed by atoms with Crippen LogP contribution in [0.5, 0.6) is 0 Å². The first-order valence-corrected chi connectivity index (χ1v) is 8.05. The van der Waals surface area contributed by atoms with E-state index in [9.17, 15) is 18.0 Å². The Labute approximate surface area is 147 Å². The van der Waals surface area contributed by atoms with Crippen molar-refractivity contribution in [1.82, 2.24) is 19.9 Å². The number of hydrogen-bond donors (Lipinski definition) is 1. The maximum Gasteiger partial charge on any atom is 0.433 e. The van der Waals surface area contributed by atoms with Crippen LogP contribution >= 0.6 is 0 Å². The number of para-hydroxylation sites is 1. The summed E-state index contributed by atoms with van der Waals surface area (Å²) in [6.07, 6.45) is -2.56. The number of carbonyl (C=O) groups is 1. The largest absolute Gasteiger partial charge is 0.433 e. The molecule has 0 saturated carbocycles. The summed E-state index contributed by atoms with van der Waals surface area (Å²) in [6.45, 7) is 1.78. The van der Waals surface area contributed by atoms with Crippen molar-refractivity contribution in [3.8, 4) is 0 Å². The lowest BCUT2D eigenvalue weighted by molar-refractivity contribution is -0.141. The summed E-state index contributed by atoms with van der Waals surface area (Å²) in [7, 11) is 0. The minimum Gasteiger partial charge on any atom is -0.354 e. The van der Waals surface area contributed by atoms with Gasteiger partial charge in [0.2, 0.25) is 5.91 Å². The van der Waals surface area contributed by atoms with Crippen molar-refractivity contribution < 1.29 is 18.0 Å². The van der Waals surface area contributed by atoms with Gasteiger partial charge in [-0.15, -0.1) is 0 Å². The second-order valence-corrected chi connectivity index (χ2v) is 5.91. The Balaban J connectivity index is 1.58. The van der Waals surface area contributed by atoms with Gasteiger partial charge in [-0.3, -0.25) is 4.79 Å². The maximum atomic E-state index is 12.8. The van der Waals surface area contributed by atoms with Gasteiger partial charge in [0, 0.05) is 30.4 Å². The van der Waals surface area contributed by atoms with Gasteiger partial charge in [-0.2, -0.15) is 13.2 Å². The zero-order valence-corrected chi connectivity index (χ0v) is 14.0. The first-order chi connectivity index (χ1) is 12.3. The number of carbonyl (C=O) groups excluding carboxylic acids is 1. The van der Waals surface area contributed by atoms with Gasteiger partial charge >= 0.3 is 6.18 Å². The summed E-state index contributed by atoms with van der Waals surface area (Å²) < 4.78 is 40.1. The average molecular weight is 362 g/mol.